The van der Waals surface area contributed by atoms with Crippen molar-refractivity contribution in [1.82, 2.24) is 4.37 Å². The first-order chi connectivity index (χ1) is 6.02. The van der Waals surface area contributed by atoms with Crippen molar-refractivity contribution in [3.63, 3.8) is 0 Å². The van der Waals surface area contributed by atoms with Crippen LogP contribution in [0.1, 0.15) is 15.2 Å². The minimum atomic E-state index is -1.26. The molecule has 0 radical (unpaired) electrons. The van der Waals surface area contributed by atoms with Crippen molar-refractivity contribution >= 4 is 34.7 Å². The molecule has 0 saturated heterocycles. The van der Waals surface area contributed by atoms with Gasteiger partial charge in [-0.25, -0.2) is 4.79 Å². The highest BCUT2D eigenvalue weighted by atomic mass is 32.1. The maximum absolute atomic E-state index is 11.0. The van der Waals surface area contributed by atoms with Gasteiger partial charge in [0.15, 0.2) is 0 Å². The lowest BCUT2D eigenvalue weighted by atomic mass is 10.2. The number of aromatic amines is 1. The maximum Gasteiger partial charge on any atom is 0.342 e. The Bertz CT molecular complexity index is 406. The molecule has 0 amide bonds. The van der Waals surface area contributed by atoms with E-state index < -0.39 is 11.5 Å². The third-order valence-electron chi connectivity index (χ3n) is 1.32. The van der Waals surface area contributed by atoms with Crippen molar-refractivity contribution in [3.8, 4) is 0 Å². The molecule has 0 aromatic carbocycles. The number of nitrogens with two attached hydrogens (primary N) is 1. The highest BCUT2D eigenvalue weighted by molar-refractivity contribution is 7.80. The van der Waals surface area contributed by atoms with E-state index in [9.17, 15) is 9.59 Å². The van der Waals surface area contributed by atoms with Crippen LogP contribution in [0, 0.1) is 0 Å². The molecule has 1 heterocycles. The molecule has 0 unspecified atom stereocenters. The number of thiocarbonyl (C=S) groups is 1. The van der Waals surface area contributed by atoms with Gasteiger partial charge in [-0.2, -0.15) is 0 Å². The largest absolute Gasteiger partial charge is 0.477 e. The zero-order valence-corrected chi connectivity index (χ0v) is 8.00. The van der Waals surface area contributed by atoms with Crippen LogP contribution in [0.5, 0.6) is 0 Å². The first-order valence-electron chi connectivity index (χ1n) is 3.24. The monoisotopic (exact) mass is 218 g/mol. The van der Waals surface area contributed by atoms with Crippen molar-refractivity contribution in [2.45, 2.75) is 6.42 Å². The summed E-state index contributed by atoms with van der Waals surface area (Å²) >= 11 is 5.56. The molecule has 70 valence electrons. The van der Waals surface area contributed by atoms with Gasteiger partial charge in [0.25, 0.3) is 5.56 Å². The molecule has 0 bridgehead atoms. The van der Waals surface area contributed by atoms with E-state index in [0.717, 1.165) is 11.5 Å². The number of hydrogen-bond donors (Lipinski definition) is 3. The number of hydrogen-bond acceptors (Lipinski definition) is 4. The van der Waals surface area contributed by atoms with Crippen LogP contribution < -0.4 is 11.3 Å². The molecule has 7 heteroatoms. The summed E-state index contributed by atoms with van der Waals surface area (Å²) in [5, 5.41) is 8.65. The van der Waals surface area contributed by atoms with E-state index in [0.29, 0.717) is 4.88 Å². The number of aromatic nitrogens is 1. The van der Waals surface area contributed by atoms with Crippen LogP contribution in [0.4, 0.5) is 0 Å². The Hall–Kier alpha value is -1.21. The van der Waals surface area contributed by atoms with Crippen molar-refractivity contribution < 1.29 is 9.90 Å². The molecule has 1 aromatic heterocycles. The van der Waals surface area contributed by atoms with E-state index in [2.05, 4.69) is 16.6 Å². The molecule has 0 spiro atoms. The molecule has 5 nitrogen and oxygen atoms in total. The van der Waals surface area contributed by atoms with Gasteiger partial charge in [0, 0.05) is 11.3 Å². The van der Waals surface area contributed by atoms with E-state index in [-0.39, 0.29) is 17.0 Å². The summed E-state index contributed by atoms with van der Waals surface area (Å²) in [5.41, 5.74) is 4.36. The lowest BCUT2D eigenvalue weighted by Crippen LogP contribution is -2.17. The van der Waals surface area contributed by atoms with Crippen molar-refractivity contribution in [1.29, 1.82) is 0 Å². The topological polar surface area (TPSA) is 96.2 Å². The van der Waals surface area contributed by atoms with E-state index >= 15 is 0 Å². The minimum absolute atomic E-state index is 0.139. The molecule has 1 rings (SSSR count). The third kappa shape index (κ3) is 2.13. The fourth-order valence-electron chi connectivity index (χ4n) is 0.836. The number of rotatable bonds is 3. The number of aromatic carboxylic acids is 1. The second kappa shape index (κ2) is 3.67. The van der Waals surface area contributed by atoms with E-state index in [1.807, 2.05) is 0 Å². The fourth-order valence-corrected chi connectivity index (χ4v) is 1.90. The second-order valence-corrected chi connectivity index (χ2v) is 3.71. The van der Waals surface area contributed by atoms with Gasteiger partial charge in [-0.05, 0) is 0 Å². The fraction of sp³-hybridized carbons (Fsp3) is 0.167. The van der Waals surface area contributed by atoms with Crippen molar-refractivity contribution in [3.05, 3.63) is 20.8 Å². The molecule has 0 saturated carbocycles. The van der Waals surface area contributed by atoms with Crippen molar-refractivity contribution in [2.24, 2.45) is 5.73 Å². The quantitative estimate of drug-likeness (QED) is 0.619. The smallest absolute Gasteiger partial charge is 0.342 e. The summed E-state index contributed by atoms with van der Waals surface area (Å²) < 4.78 is 2.31. The second-order valence-electron chi connectivity index (χ2n) is 2.28. The lowest BCUT2D eigenvalue weighted by molar-refractivity contribution is 0.0695. The van der Waals surface area contributed by atoms with Gasteiger partial charge in [-0.15, -0.1) is 0 Å². The van der Waals surface area contributed by atoms with Gasteiger partial charge < -0.3 is 10.8 Å². The molecular weight excluding hydrogens is 212 g/mol. The van der Waals surface area contributed by atoms with Gasteiger partial charge in [0.1, 0.15) is 5.56 Å². The molecule has 0 fully saturated rings. The first kappa shape index (κ1) is 9.87. The van der Waals surface area contributed by atoms with Crippen LogP contribution in [0.25, 0.3) is 0 Å². The van der Waals surface area contributed by atoms with E-state index in [1.54, 1.807) is 0 Å². The van der Waals surface area contributed by atoms with Gasteiger partial charge in [-0.3, -0.25) is 9.17 Å². The number of carboxylic acid groups (broad SMARTS) is 1. The van der Waals surface area contributed by atoms with Gasteiger partial charge in [-0.1, -0.05) is 23.8 Å². The zero-order chi connectivity index (χ0) is 10.0. The predicted molar refractivity (Wildman–Crippen MR) is 52.4 cm³/mol. The number of nitrogens with one attached hydrogen (secondary N) is 1. The summed E-state index contributed by atoms with van der Waals surface area (Å²) in [6.45, 7) is 0. The standard InChI is InChI=1S/C6H6N2O3S2/c7-3(12)1-2-4(6(10)11)5(9)8-13-2/h1H2,(H2,7,12)(H,8,9)(H,10,11). The number of carbonyl (C=O) groups is 1. The first-order valence-corrected chi connectivity index (χ1v) is 4.46. The predicted octanol–water partition coefficient (Wildman–Crippen LogP) is -0.0368. The van der Waals surface area contributed by atoms with Crippen LogP contribution in [-0.4, -0.2) is 20.4 Å². The highest BCUT2D eigenvalue weighted by Gasteiger charge is 2.17. The summed E-state index contributed by atoms with van der Waals surface area (Å²) in [7, 11) is 0. The SMILES string of the molecule is NC(=S)Cc1s[nH]c(=O)c1C(=O)O. The Labute approximate surface area is 82.3 Å². The summed E-state index contributed by atoms with van der Waals surface area (Å²) in [5.74, 6) is -1.26. The normalized spacial score (nSPS) is 9.85. The Morgan fingerprint density at radius 1 is 1.69 bits per heavy atom. The van der Waals surface area contributed by atoms with Crippen LogP contribution >= 0.6 is 23.8 Å². The number of H-pyrrole nitrogens is 1. The summed E-state index contributed by atoms with van der Waals surface area (Å²) in [4.78, 5) is 22.1. The third-order valence-corrected chi connectivity index (χ3v) is 2.35. The summed E-state index contributed by atoms with van der Waals surface area (Å²) in [6.07, 6.45) is 0.139. The molecule has 0 aliphatic heterocycles. The van der Waals surface area contributed by atoms with Gasteiger partial charge in [0.2, 0.25) is 0 Å². The molecule has 1 aromatic rings. The Morgan fingerprint density at radius 3 is 2.77 bits per heavy atom. The number of carboxylic acids is 1. The van der Waals surface area contributed by atoms with Gasteiger partial charge >= 0.3 is 5.97 Å². The maximum atomic E-state index is 11.0. The van der Waals surface area contributed by atoms with Crippen LogP contribution in [0.15, 0.2) is 4.79 Å². The Kier molecular flexibility index (Phi) is 2.79. The highest BCUT2D eigenvalue weighted by Crippen LogP contribution is 2.09. The average molecular weight is 218 g/mol. The van der Waals surface area contributed by atoms with E-state index in [4.69, 9.17) is 10.8 Å². The van der Waals surface area contributed by atoms with Gasteiger partial charge in [0.05, 0.1) is 4.99 Å². The van der Waals surface area contributed by atoms with Crippen LogP contribution in [-0.2, 0) is 6.42 Å². The Morgan fingerprint density at radius 2 is 2.31 bits per heavy atom. The average Bonchev–Trinajstić information content (AvgIpc) is 2.30. The van der Waals surface area contributed by atoms with Crippen LogP contribution in [0.3, 0.4) is 0 Å². The summed E-state index contributed by atoms with van der Waals surface area (Å²) in [6, 6.07) is 0. The Balaban J connectivity index is 3.15. The minimum Gasteiger partial charge on any atom is -0.477 e. The molecule has 13 heavy (non-hydrogen) atoms. The van der Waals surface area contributed by atoms with Crippen LogP contribution in [0.2, 0.25) is 0 Å². The molecule has 0 aliphatic carbocycles. The zero-order valence-electron chi connectivity index (χ0n) is 6.36. The van der Waals surface area contributed by atoms with E-state index in [1.165, 1.54) is 0 Å². The molecule has 4 N–H and O–H groups in total. The molecular formula is C6H6N2O3S2. The molecule has 0 atom stereocenters. The molecule has 0 aliphatic rings. The lowest BCUT2D eigenvalue weighted by Gasteiger charge is -1.94. The van der Waals surface area contributed by atoms with Crippen molar-refractivity contribution in [2.75, 3.05) is 0 Å².